The SMILES string of the molecule is C=C(NC(C(=O)OC)=C(Cl)C(N)=NCCc1ccc(S(N)(=O)=O)cc1)C1CC1. The maximum atomic E-state index is 12.0. The van der Waals surface area contributed by atoms with E-state index in [1.807, 2.05) is 0 Å². The molecule has 10 heteroatoms. The number of halogens is 1. The zero-order chi connectivity index (χ0) is 20.9. The first-order chi connectivity index (χ1) is 13.1. The van der Waals surface area contributed by atoms with E-state index in [4.69, 9.17) is 27.2 Å². The van der Waals surface area contributed by atoms with E-state index in [9.17, 15) is 13.2 Å². The molecular weight excluding hydrogens is 404 g/mol. The molecule has 0 unspecified atom stereocenters. The summed E-state index contributed by atoms with van der Waals surface area (Å²) in [4.78, 5) is 16.2. The molecule has 0 spiro atoms. The standard InChI is InChI=1S/C18H23ClN4O4S/c1-11(13-5-6-13)23-16(18(24)27-2)15(19)17(20)22-10-9-12-3-7-14(8-4-12)28(21,25)26/h3-4,7-8,13,23H,1,5-6,9-10H2,2H3,(H2,20,22)(H2,21,25,26). The summed E-state index contributed by atoms with van der Waals surface area (Å²) >= 11 is 6.23. The summed E-state index contributed by atoms with van der Waals surface area (Å²) in [5.41, 5.74) is 7.44. The Morgan fingerprint density at radius 1 is 1.36 bits per heavy atom. The van der Waals surface area contributed by atoms with Crippen molar-refractivity contribution in [2.75, 3.05) is 13.7 Å². The molecule has 2 rings (SSSR count). The largest absolute Gasteiger partial charge is 0.464 e. The minimum absolute atomic E-state index is 0.000165. The third-order valence-corrected chi connectivity index (χ3v) is 5.44. The van der Waals surface area contributed by atoms with Crippen LogP contribution >= 0.6 is 11.6 Å². The number of sulfonamides is 1. The average molecular weight is 427 g/mol. The molecule has 1 fully saturated rings. The van der Waals surface area contributed by atoms with E-state index in [2.05, 4.69) is 16.9 Å². The molecule has 0 atom stereocenters. The molecule has 8 nitrogen and oxygen atoms in total. The van der Waals surface area contributed by atoms with Crippen molar-refractivity contribution in [3.63, 3.8) is 0 Å². The first-order valence-electron chi connectivity index (χ1n) is 8.49. The topological polar surface area (TPSA) is 137 Å². The number of amidine groups is 1. The summed E-state index contributed by atoms with van der Waals surface area (Å²) in [6, 6.07) is 6.13. The highest BCUT2D eigenvalue weighted by atomic mass is 35.5. The van der Waals surface area contributed by atoms with Gasteiger partial charge in [0.05, 0.1) is 12.0 Å². The lowest BCUT2D eigenvalue weighted by Crippen LogP contribution is -2.27. The maximum absolute atomic E-state index is 12.0. The van der Waals surface area contributed by atoms with Crippen molar-refractivity contribution in [2.45, 2.75) is 24.2 Å². The smallest absolute Gasteiger partial charge is 0.356 e. The third-order valence-electron chi connectivity index (χ3n) is 4.12. The summed E-state index contributed by atoms with van der Waals surface area (Å²) in [5, 5.41) is 7.91. The molecule has 0 amide bonds. The number of primary sulfonamides is 1. The Kier molecular flexibility index (Phi) is 7.22. The monoisotopic (exact) mass is 426 g/mol. The quantitative estimate of drug-likeness (QED) is 0.236. The maximum Gasteiger partial charge on any atom is 0.356 e. The minimum atomic E-state index is -3.73. The van der Waals surface area contributed by atoms with Crippen molar-refractivity contribution in [3.05, 3.63) is 52.8 Å². The molecule has 0 saturated heterocycles. The van der Waals surface area contributed by atoms with Gasteiger partial charge in [-0.2, -0.15) is 0 Å². The van der Waals surface area contributed by atoms with Crippen molar-refractivity contribution in [3.8, 4) is 0 Å². The van der Waals surface area contributed by atoms with E-state index in [0.717, 1.165) is 18.4 Å². The number of carbonyl (C=O) groups excluding carboxylic acids is 1. The number of allylic oxidation sites excluding steroid dienone is 1. The second kappa shape index (κ2) is 9.22. The number of methoxy groups -OCH3 is 1. The Morgan fingerprint density at radius 2 is 1.96 bits per heavy atom. The highest BCUT2D eigenvalue weighted by Crippen LogP contribution is 2.34. The lowest BCUT2D eigenvalue weighted by molar-refractivity contribution is -0.136. The number of rotatable bonds is 9. The fourth-order valence-electron chi connectivity index (χ4n) is 2.34. The summed E-state index contributed by atoms with van der Waals surface area (Å²) in [6.07, 6.45) is 2.50. The number of carbonyl (C=O) groups is 1. The van der Waals surface area contributed by atoms with Crippen LogP contribution in [0, 0.1) is 5.92 Å². The molecule has 1 saturated carbocycles. The fourth-order valence-corrected chi connectivity index (χ4v) is 3.04. The number of benzene rings is 1. The number of esters is 1. The van der Waals surface area contributed by atoms with Crippen molar-refractivity contribution in [1.82, 2.24) is 5.32 Å². The van der Waals surface area contributed by atoms with Gasteiger partial charge in [-0.25, -0.2) is 18.4 Å². The normalized spacial score (nSPS) is 15.6. The molecule has 0 radical (unpaired) electrons. The number of aliphatic imine (C=N–C) groups is 1. The van der Waals surface area contributed by atoms with Gasteiger partial charge in [0, 0.05) is 12.2 Å². The van der Waals surface area contributed by atoms with Crippen LogP contribution in [-0.2, 0) is 26.0 Å². The van der Waals surface area contributed by atoms with Gasteiger partial charge < -0.3 is 15.8 Å². The van der Waals surface area contributed by atoms with Crippen LogP contribution in [0.3, 0.4) is 0 Å². The summed E-state index contributed by atoms with van der Waals surface area (Å²) in [5.74, 6) is -0.370. The third kappa shape index (κ3) is 6.08. The van der Waals surface area contributed by atoms with Crippen molar-refractivity contribution < 1.29 is 17.9 Å². The second-order valence-electron chi connectivity index (χ2n) is 6.31. The Hall–Kier alpha value is -2.36. The molecule has 0 bridgehead atoms. The summed E-state index contributed by atoms with van der Waals surface area (Å²) in [7, 11) is -2.48. The van der Waals surface area contributed by atoms with Gasteiger partial charge in [0.25, 0.3) is 0 Å². The molecule has 1 aromatic carbocycles. The Bertz CT molecular complexity index is 919. The van der Waals surface area contributed by atoms with Gasteiger partial charge in [-0.1, -0.05) is 30.3 Å². The van der Waals surface area contributed by atoms with E-state index in [1.165, 1.54) is 19.2 Å². The average Bonchev–Trinajstić information content (AvgIpc) is 3.49. The number of hydrogen-bond acceptors (Lipinski definition) is 6. The number of ether oxygens (including phenoxy) is 1. The van der Waals surface area contributed by atoms with E-state index < -0.39 is 16.0 Å². The van der Waals surface area contributed by atoms with E-state index in [0.29, 0.717) is 18.0 Å². The minimum Gasteiger partial charge on any atom is -0.464 e. The molecule has 0 aromatic heterocycles. The first-order valence-corrected chi connectivity index (χ1v) is 10.4. The van der Waals surface area contributed by atoms with Gasteiger partial charge >= 0.3 is 5.97 Å². The molecule has 0 aliphatic heterocycles. The Morgan fingerprint density at radius 3 is 2.46 bits per heavy atom. The van der Waals surface area contributed by atoms with Gasteiger partial charge in [0.1, 0.15) is 16.6 Å². The molecule has 152 valence electrons. The Balaban J connectivity index is 2.07. The lowest BCUT2D eigenvalue weighted by Gasteiger charge is -2.13. The van der Waals surface area contributed by atoms with Crippen LogP contribution in [0.25, 0.3) is 0 Å². The van der Waals surface area contributed by atoms with Crippen LogP contribution in [0.1, 0.15) is 18.4 Å². The van der Waals surface area contributed by atoms with Gasteiger partial charge in [-0.05, 0) is 42.9 Å². The van der Waals surface area contributed by atoms with E-state index in [1.54, 1.807) is 12.1 Å². The molecule has 1 aromatic rings. The Labute approximate surface area is 169 Å². The summed E-state index contributed by atoms with van der Waals surface area (Å²) < 4.78 is 27.3. The van der Waals surface area contributed by atoms with Crippen LogP contribution in [0.2, 0.25) is 0 Å². The number of nitrogens with two attached hydrogens (primary N) is 2. The number of nitrogens with one attached hydrogen (secondary N) is 1. The van der Waals surface area contributed by atoms with Crippen LogP contribution in [-0.4, -0.2) is 33.9 Å². The van der Waals surface area contributed by atoms with E-state index in [-0.39, 0.29) is 28.0 Å². The van der Waals surface area contributed by atoms with Crippen LogP contribution in [0.4, 0.5) is 0 Å². The van der Waals surface area contributed by atoms with E-state index >= 15 is 0 Å². The van der Waals surface area contributed by atoms with Crippen molar-refractivity contribution in [2.24, 2.45) is 21.8 Å². The van der Waals surface area contributed by atoms with Crippen LogP contribution < -0.4 is 16.2 Å². The summed E-state index contributed by atoms with van der Waals surface area (Å²) in [6.45, 7) is 4.18. The fraction of sp³-hybridized carbons (Fsp3) is 0.333. The molecule has 28 heavy (non-hydrogen) atoms. The van der Waals surface area contributed by atoms with Crippen molar-refractivity contribution >= 4 is 33.4 Å². The molecule has 0 heterocycles. The van der Waals surface area contributed by atoms with Gasteiger partial charge in [0.15, 0.2) is 0 Å². The van der Waals surface area contributed by atoms with Gasteiger partial charge in [-0.3, -0.25) is 4.99 Å². The van der Waals surface area contributed by atoms with Crippen molar-refractivity contribution in [1.29, 1.82) is 0 Å². The highest BCUT2D eigenvalue weighted by molar-refractivity contribution is 7.89. The molecule has 1 aliphatic rings. The van der Waals surface area contributed by atoms with Crippen LogP contribution in [0.15, 0.2) is 57.2 Å². The first kappa shape index (κ1) is 21.9. The zero-order valence-corrected chi connectivity index (χ0v) is 17.0. The zero-order valence-electron chi connectivity index (χ0n) is 15.4. The van der Waals surface area contributed by atoms with Crippen LogP contribution in [0.5, 0.6) is 0 Å². The predicted molar refractivity (Wildman–Crippen MR) is 108 cm³/mol. The number of nitrogens with zero attached hydrogens (tertiary/aromatic N) is 1. The second-order valence-corrected chi connectivity index (χ2v) is 8.25. The number of hydrogen-bond donors (Lipinski definition) is 3. The van der Waals surface area contributed by atoms with Gasteiger partial charge in [0.2, 0.25) is 10.0 Å². The molecular formula is C18H23ClN4O4S. The molecule has 5 N–H and O–H groups in total. The molecule has 1 aliphatic carbocycles. The predicted octanol–water partition coefficient (Wildman–Crippen LogP) is 1.37. The highest BCUT2D eigenvalue weighted by Gasteiger charge is 2.27. The lowest BCUT2D eigenvalue weighted by atomic mass is 10.1. The van der Waals surface area contributed by atoms with Gasteiger partial charge in [-0.15, -0.1) is 0 Å².